The maximum absolute atomic E-state index is 12.0. The van der Waals surface area contributed by atoms with E-state index in [-0.39, 0.29) is 5.91 Å². The second-order valence-corrected chi connectivity index (χ2v) is 5.46. The summed E-state index contributed by atoms with van der Waals surface area (Å²) in [5, 5.41) is 5.29. The zero-order valence-corrected chi connectivity index (χ0v) is 14.6. The molecule has 7 nitrogen and oxygen atoms in total. The van der Waals surface area contributed by atoms with Crippen LogP contribution in [0, 0.1) is 0 Å². The van der Waals surface area contributed by atoms with Gasteiger partial charge < -0.3 is 20.1 Å². The number of methoxy groups -OCH3 is 1. The molecule has 2 amide bonds. The molecule has 2 aromatic carbocycles. The molecule has 2 aromatic rings. The molecule has 0 unspecified atom stereocenters. The first-order valence-corrected chi connectivity index (χ1v) is 7.92. The van der Waals surface area contributed by atoms with Gasteiger partial charge in [0.15, 0.2) is 6.61 Å². The molecule has 0 heterocycles. The van der Waals surface area contributed by atoms with Crippen molar-refractivity contribution in [2.45, 2.75) is 13.5 Å². The molecule has 0 aliphatic carbocycles. The van der Waals surface area contributed by atoms with Crippen molar-refractivity contribution in [1.29, 1.82) is 0 Å². The van der Waals surface area contributed by atoms with Crippen LogP contribution in [0.3, 0.4) is 0 Å². The van der Waals surface area contributed by atoms with Gasteiger partial charge in [-0.25, -0.2) is 4.79 Å². The van der Waals surface area contributed by atoms with Crippen LogP contribution in [0.4, 0.5) is 5.69 Å². The molecular weight excluding hydrogens is 336 g/mol. The molecule has 7 heteroatoms. The number of amides is 2. The molecule has 2 N–H and O–H groups in total. The zero-order chi connectivity index (χ0) is 18.9. The fourth-order valence-electron chi connectivity index (χ4n) is 2.07. The lowest BCUT2D eigenvalue weighted by atomic mass is 10.1. The van der Waals surface area contributed by atoms with E-state index in [0.29, 0.717) is 23.5 Å². The van der Waals surface area contributed by atoms with Crippen LogP contribution in [0.25, 0.3) is 0 Å². The van der Waals surface area contributed by atoms with Gasteiger partial charge in [-0.2, -0.15) is 0 Å². The summed E-state index contributed by atoms with van der Waals surface area (Å²) in [5.74, 6) is -0.487. The van der Waals surface area contributed by atoms with E-state index < -0.39 is 18.5 Å². The molecular formula is C19H20N2O5. The van der Waals surface area contributed by atoms with E-state index in [9.17, 15) is 14.4 Å². The van der Waals surface area contributed by atoms with Crippen molar-refractivity contribution in [2.24, 2.45) is 0 Å². The lowest BCUT2D eigenvalue weighted by Crippen LogP contribution is -2.21. The second kappa shape index (κ2) is 9.22. The Morgan fingerprint density at radius 2 is 1.62 bits per heavy atom. The topological polar surface area (TPSA) is 93.7 Å². The van der Waals surface area contributed by atoms with Crippen molar-refractivity contribution >= 4 is 23.5 Å². The largest absolute Gasteiger partial charge is 0.497 e. The zero-order valence-electron chi connectivity index (χ0n) is 14.6. The number of hydrogen-bond donors (Lipinski definition) is 2. The smallest absolute Gasteiger partial charge is 0.338 e. The molecule has 0 atom stereocenters. The number of carbonyl (C=O) groups is 3. The minimum absolute atomic E-state index is 0.128. The number of ether oxygens (including phenoxy) is 2. The Hall–Kier alpha value is -3.35. The Balaban J connectivity index is 1.81. The summed E-state index contributed by atoms with van der Waals surface area (Å²) >= 11 is 0. The van der Waals surface area contributed by atoms with E-state index in [4.69, 9.17) is 9.47 Å². The van der Waals surface area contributed by atoms with Crippen molar-refractivity contribution in [3.8, 4) is 5.75 Å². The average molecular weight is 356 g/mol. The summed E-state index contributed by atoms with van der Waals surface area (Å²) in [4.78, 5) is 34.7. The summed E-state index contributed by atoms with van der Waals surface area (Å²) in [7, 11) is 1.55. The highest BCUT2D eigenvalue weighted by Crippen LogP contribution is 2.15. The Bertz CT molecular complexity index is 770. The van der Waals surface area contributed by atoms with Crippen LogP contribution in [-0.4, -0.2) is 31.5 Å². The van der Waals surface area contributed by atoms with Crippen molar-refractivity contribution in [3.63, 3.8) is 0 Å². The number of nitrogens with one attached hydrogen (secondary N) is 2. The highest BCUT2D eigenvalue weighted by Gasteiger charge is 2.10. The molecule has 0 saturated heterocycles. The van der Waals surface area contributed by atoms with Crippen molar-refractivity contribution in [2.75, 3.05) is 19.0 Å². The third kappa shape index (κ3) is 5.94. The van der Waals surface area contributed by atoms with Gasteiger partial charge >= 0.3 is 5.97 Å². The maximum Gasteiger partial charge on any atom is 0.338 e. The van der Waals surface area contributed by atoms with Crippen LogP contribution in [0.15, 0.2) is 48.5 Å². The fourth-order valence-corrected chi connectivity index (χ4v) is 2.07. The number of hydrogen-bond acceptors (Lipinski definition) is 5. The van der Waals surface area contributed by atoms with Crippen LogP contribution < -0.4 is 15.4 Å². The van der Waals surface area contributed by atoms with Crippen LogP contribution in [-0.2, 0) is 20.9 Å². The standard InChI is InChI=1S/C19H20N2O5/c1-13(22)20-11-14-3-5-15(6-4-14)19(24)26-12-18(23)21-16-7-9-17(25-2)10-8-16/h3-10H,11-12H2,1-2H3,(H,20,22)(H,21,23). The van der Waals surface area contributed by atoms with E-state index >= 15 is 0 Å². The third-order valence-corrected chi connectivity index (χ3v) is 3.44. The Morgan fingerprint density at radius 1 is 0.962 bits per heavy atom. The van der Waals surface area contributed by atoms with Crippen LogP contribution in [0.1, 0.15) is 22.8 Å². The van der Waals surface area contributed by atoms with Gasteiger partial charge in [0.25, 0.3) is 5.91 Å². The van der Waals surface area contributed by atoms with Crippen molar-refractivity contribution in [1.82, 2.24) is 5.32 Å². The summed E-state index contributed by atoms with van der Waals surface area (Å²) in [6.07, 6.45) is 0. The van der Waals surface area contributed by atoms with E-state index in [0.717, 1.165) is 5.56 Å². The van der Waals surface area contributed by atoms with Gasteiger partial charge in [-0.1, -0.05) is 12.1 Å². The molecule has 0 spiro atoms. The fraction of sp³-hybridized carbons (Fsp3) is 0.211. The molecule has 0 aliphatic rings. The summed E-state index contributed by atoms with van der Waals surface area (Å²) in [6.45, 7) is 1.43. The van der Waals surface area contributed by atoms with Gasteiger partial charge in [0.05, 0.1) is 12.7 Å². The Morgan fingerprint density at radius 3 is 2.19 bits per heavy atom. The molecule has 0 fully saturated rings. The number of esters is 1. The monoisotopic (exact) mass is 356 g/mol. The van der Waals surface area contributed by atoms with E-state index in [1.165, 1.54) is 6.92 Å². The molecule has 136 valence electrons. The SMILES string of the molecule is COc1ccc(NC(=O)COC(=O)c2ccc(CNC(C)=O)cc2)cc1. The van der Waals surface area contributed by atoms with Gasteiger partial charge in [-0.3, -0.25) is 9.59 Å². The molecule has 26 heavy (non-hydrogen) atoms. The number of carbonyl (C=O) groups excluding carboxylic acids is 3. The summed E-state index contributed by atoms with van der Waals surface area (Å²) < 4.78 is 10.0. The first kappa shape index (κ1) is 19.0. The molecule has 0 bridgehead atoms. The second-order valence-electron chi connectivity index (χ2n) is 5.46. The highest BCUT2D eigenvalue weighted by atomic mass is 16.5. The Kier molecular flexibility index (Phi) is 6.73. The van der Waals surface area contributed by atoms with Gasteiger partial charge in [0, 0.05) is 19.2 Å². The van der Waals surface area contributed by atoms with Crippen molar-refractivity contribution < 1.29 is 23.9 Å². The lowest BCUT2D eigenvalue weighted by molar-refractivity contribution is -0.119. The number of anilines is 1. The quantitative estimate of drug-likeness (QED) is 0.741. The van der Waals surface area contributed by atoms with Gasteiger partial charge in [0.1, 0.15) is 5.75 Å². The maximum atomic E-state index is 12.0. The van der Waals surface area contributed by atoms with Crippen LogP contribution in [0.5, 0.6) is 5.75 Å². The molecule has 2 rings (SSSR count). The minimum Gasteiger partial charge on any atom is -0.497 e. The molecule has 0 saturated carbocycles. The molecule has 0 radical (unpaired) electrons. The normalized spacial score (nSPS) is 9.92. The minimum atomic E-state index is -0.596. The van der Waals surface area contributed by atoms with Gasteiger partial charge in [-0.05, 0) is 42.0 Å². The van der Waals surface area contributed by atoms with Crippen LogP contribution in [0.2, 0.25) is 0 Å². The lowest BCUT2D eigenvalue weighted by Gasteiger charge is -2.08. The predicted molar refractivity (Wildman–Crippen MR) is 95.9 cm³/mol. The third-order valence-electron chi connectivity index (χ3n) is 3.44. The summed E-state index contributed by atoms with van der Waals surface area (Å²) in [6, 6.07) is 13.4. The molecule has 0 aliphatic heterocycles. The average Bonchev–Trinajstić information content (AvgIpc) is 2.65. The first-order chi connectivity index (χ1) is 12.5. The molecule has 0 aromatic heterocycles. The Labute approximate surface area is 151 Å². The summed E-state index contributed by atoms with van der Waals surface area (Å²) in [5.41, 5.74) is 1.76. The van der Waals surface area contributed by atoms with E-state index in [1.807, 2.05) is 0 Å². The van der Waals surface area contributed by atoms with Gasteiger partial charge in [0.2, 0.25) is 5.91 Å². The highest BCUT2D eigenvalue weighted by molar-refractivity contribution is 5.95. The van der Waals surface area contributed by atoms with Crippen LogP contribution >= 0.6 is 0 Å². The first-order valence-electron chi connectivity index (χ1n) is 7.92. The van der Waals surface area contributed by atoms with Gasteiger partial charge in [-0.15, -0.1) is 0 Å². The number of rotatable bonds is 7. The number of benzene rings is 2. The van der Waals surface area contributed by atoms with E-state index in [1.54, 1.807) is 55.6 Å². The van der Waals surface area contributed by atoms with Crippen molar-refractivity contribution in [3.05, 3.63) is 59.7 Å². The predicted octanol–water partition coefficient (Wildman–Crippen LogP) is 2.13. The van der Waals surface area contributed by atoms with E-state index in [2.05, 4.69) is 10.6 Å².